The van der Waals surface area contributed by atoms with Gasteiger partial charge in [0.2, 0.25) is 10.0 Å². The Morgan fingerprint density at radius 3 is 2.27 bits per heavy atom. The lowest BCUT2D eigenvalue weighted by molar-refractivity contribution is 0.476. The van der Waals surface area contributed by atoms with Gasteiger partial charge in [-0.05, 0) is 35.0 Å². The summed E-state index contributed by atoms with van der Waals surface area (Å²) in [5, 5.41) is 15.7. The van der Waals surface area contributed by atoms with E-state index in [-0.39, 0.29) is 10.6 Å². The molecule has 5 heteroatoms. The molecule has 2 rings (SSSR count). The molecule has 0 radical (unpaired) electrons. The molecule has 78 valence electrons. The Bertz CT molecular complexity index is 620. The minimum atomic E-state index is -3.67. The van der Waals surface area contributed by atoms with Gasteiger partial charge in [0.15, 0.2) is 0 Å². The monoisotopic (exact) mass is 223 g/mol. The molecule has 4 nitrogen and oxygen atoms in total. The van der Waals surface area contributed by atoms with E-state index in [0.29, 0.717) is 0 Å². The fraction of sp³-hybridized carbons (Fsp3) is 0. The molecule has 0 aliphatic rings. The number of fused-ring (bicyclic) bond motifs is 1. The summed E-state index contributed by atoms with van der Waals surface area (Å²) in [6.07, 6.45) is 0. The van der Waals surface area contributed by atoms with Crippen LogP contribution in [0.25, 0.3) is 10.8 Å². The molecular formula is C10H9NO3S. The molecule has 0 aliphatic heterocycles. The SMILES string of the molecule is NS(=O)(=O)c1ccc2cc(O)ccc2c1. The van der Waals surface area contributed by atoms with Gasteiger partial charge in [0, 0.05) is 0 Å². The van der Waals surface area contributed by atoms with Crippen LogP contribution in [0.2, 0.25) is 0 Å². The third kappa shape index (κ3) is 1.93. The van der Waals surface area contributed by atoms with Gasteiger partial charge in [-0.2, -0.15) is 0 Å². The highest BCUT2D eigenvalue weighted by Crippen LogP contribution is 2.22. The summed E-state index contributed by atoms with van der Waals surface area (Å²) in [7, 11) is -3.67. The summed E-state index contributed by atoms with van der Waals surface area (Å²) < 4.78 is 22.1. The second-order valence-corrected chi connectivity index (χ2v) is 4.80. The Morgan fingerprint density at radius 1 is 1.00 bits per heavy atom. The van der Waals surface area contributed by atoms with Gasteiger partial charge in [0.25, 0.3) is 0 Å². The van der Waals surface area contributed by atoms with E-state index in [9.17, 15) is 13.5 Å². The minimum Gasteiger partial charge on any atom is -0.508 e. The van der Waals surface area contributed by atoms with Gasteiger partial charge in [0.1, 0.15) is 5.75 Å². The lowest BCUT2D eigenvalue weighted by Gasteiger charge is -2.01. The highest BCUT2D eigenvalue weighted by molar-refractivity contribution is 7.89. The highest BCUT2D eigenvalue weighted by Gasteiger charge is 2.07. The molecule has 0 bridgehead atoms. The van der Waals surface area contributed by atoms with Gasteiger partial charge in [0.05, 0.1) is 4.90 Å². The minimum absolute atomic E-state index is 0.0701. The molecular weight excluding hydrogens is 214 g/mol. The number of phenols is 1. The maximum Gasteiger partial charge on any atom is 0.238 e. The first kappa shape index (κ1) is 9.95. The Balaban J connectivity index is 2.73. The average molecular weight is 223 g/mol. The van der Waals surface area contributed by atoms with Crippen molar-refractivity contribution in [1.82, 2.24) is 0 Å². The predicted molar refractivity (Wildman–Crippen MR) is 57.0 cm³/mol. The number of nitrogens with two attached hydrogens (primary N) is 1. The lowest BCUT2D eigenvalue weighted by Crippen LogP contribution is -2.11. The quantitative estimate of drug-likeness (QED) is 0.762. The van der Waals surface area contributed by atoms with Crippen molar-refractivity contribution in [1.29, 1.82) is 0 Å². The topological polar surface area (TPSA) is 80.4 Å². The van der Waals surface area contributed by atoms with Crippen molar-refractivity contribution in [3.8, 4) is 5.75 Å². The summed E-state index contributed by atoms with van der Waals surface area (Å²) in [6, 6.07) is 9.19. The molecule has 0 saturated carbocycles. The summed E-state index contributed by atoms with van der Waals surface area (Å²) in [4.78, 5) is 0.0701. The summed E-state index contributed by atoms with van der Waals surface area (Å²) in [6.45, 7) is 0. The molecule has 0 saturated heterocycles. The largest absolute Gasteiger partial charge is 0.508 e. The van der Waals surface area contributed by atoms with E-state index in [1.165, 1.54) is 18.2 Å². The maximum absolute atomic E-state index is 11.1. The van der Waals surface area contributed by atoms with Crippen LogP contribution in [-0.4, -0.2) is 13.5 Å². The van der Waals surface area contributed by atoms with Crippen molar-refractivity contribution < 1.29 is 13.5 Å². The van der Waals surface area contributed by atoms with Crippen LogP contribution in [0.5, 0.6) is 5.75 Å². The summed E-state index contributed by atoms with van der Waals surface area (Å²) >= 11 is 0. The lowest BCUT2D eigenvalue weighted by atomic mass is 10.1. The van der Waals surface area contributed by atoms with Crippen molar-refractivity contribution in [2.24, 2.45) is 5.14 Å². The standard InChI is InChI=1S/C10H9NO3S/c11-15(13,14)10-4-2-7-5-9(12)3-1-8(7)6-10/h1-6,12H,(H2,11,13,14). The van der Waals surface area contributed by atoms with Crippen molar-refractivity contribution in [2.45, 2.75) is 4.90 Å². The zero-order valence-electron chi connectivity index (χ0n) is 7.71. The number of phenolic OH excluding ortho intramolecular Hbond substituents is 1. The number of hydrogen-bond acceptors (Lipinski definition) is 3. The number of primary sulfonamides is 1. The van der Waals surface area contributed by atoms with E-state index in [0.717, 1.165) is 10.8 Å². The Morgan fingerprint density at radius 2 is 1.60 bits per heavy atom. The van der Waals surface area contributed by atoms with E-state index >= 15 is 0 Å². The first-order valence-electron chi connectivity index (χ1n) is 4.22. The molecule has 0 aliphatic carbocycles. The third-order valence-electron chi connectivity index (χ3n) is 2.12. The van der Waals surface area contributed by atoms with Crippen LogP contribution in [0.15, 0.2) is 41.3 Å². The molecule has 0 heterocycles. The van der Waals surface area contributed by atoms with Crippen molar-refractivity contribution >= 4 is 20.8 Å². The average Bonchev–Trinajstić information content (AvgIpc) is 2.15. The number of rotatable bonds is 1. The van der Waals surface area contributed by atoms with Crippen LogP contribution in [-0.2, 0) is 10.0 Å². The van der Waals surface area contributed by atoms with Crippen LogP contribution < -0.4 is 5.14 Å². The van der Waals surface area contributed by atoms with E-state index < -0.39 is 10.0 Å². The maximum atomic E-state index is 11.1. The van der Waals surface area contributed by atoms with Crippen LogP contribution in [0.1, 0.15) is 0 Å². The normalized spacial score (nSPS) is 11.8. The van der Waals surface area contributed by atoms with Crippen LogP contribution in [0, 0.1) is 0 Å². The van der Waals surface area contributed by atoms with Gasteiger partial charge in [-0.3, -0.25) is 0 Å². The highest BCUT2D eigenvalue weighted by atomic mass is 32.2. The van der Waals surface area contributed by atoms with Gasteiger partial charge in [-0.25, -0.2) is 13.6 Å². The van der Waals surface area contributed by atoms with Crippen LogP contribution in [0.4, 0.5) is 0 Å². The zero-order valence-corrected chi connectivity index (χ0v) is 8.53. The van der Waals surface area contributed by atoms with Crippen molar-refractivity contribution in [3.63, 3.8) is 0 Å². The molecule has 0 fully saturated rings. The molecule has 2 aromatic rings. The molecule has 0 aromatic heterocycles. The fourth-order valence-corrected chi connectivity index (χ4v) is 1.94. The smallest absolute Gasteiger partial charge is 0.238 e. The molecule has 0 amide bonds. The third-order valence-corrected chi connectivity index (χ3v) is 3.03. The summed E-state index contributed by atoms with van der Waals surface area (Å²) in [5.74, 6) is 0.144. The first-order chi connectivity index (χ1) is 6.97. The Labute approximate surface area is 87.0 Å². The van der Waals surface area contributed by atoms with Gasteiger partial charge in [-0.1, -0.05) is 12.1 Å². The fourth-order valence-electron chi connectivity index (χ4n) is 1.39. The molecule has 2 aromatic carbocycles. The second-order valence-electron chi connectivity index (χ2n) is 3.24. The first-order valence-corrected chi connectivity index (χ1v) is 5.77. The van der Waals surface area contributed by atoms with E-state index in [2.05, 4.69) is 0 Å². The van der Waals surface area contributed by atoms with Crippen LogP contribution in [0.3, 0.4) is 0 Å². The Hall–Kier alpha value is -1.59. The second kappa shape index (κ2) is 3.22. The predicted octanol–water partition coefficient (Wildman–Crippen LogP) is 1.19. The molecule has 0 spiro atoms. The summed E-state index contributed by atoms with van der Waals surface area (Å²) in [5.41, 5.74) is 0. The molecule has 3 N–H and O–H groups in total. The van der Waals surface area contributed by atoms with Gasteiger partial charge in [-0.15, -0.1) is 0 Å². The number of hydrogen-bond donors (Lipinski definition) is 2. The van der Waals surface area contributed by atoms with E-state index in [1.54, 1.807) is 18.2 Å². The van der Waals surface area contributed by atoms with Gasteiger partial charge < -0.3 is 5.11 Å². The molecule has 15 heavy (non-hydrogen) atoms. The number of benzene rings is 2. The number of aromatic hydroxyl groups is 1. The van der Waals surface area contributed by atoms with Crippen LogP contribution >= 0.6 is 0 Å². The Kier molecular flexibility index (Phi) is 2.13. The molecule has 0 atom stereocenters. The van der Waals surface area contributed by atoms with Crippen molar-refractivity contribution in [3.05, 3.63) is 36.4 Å². The zero-order chi connectivity index (χ0) is 11.1. The van der Waals surface area contributed by atoms with E-state index in [4.69, 9.17) is 5.14 Å². The molecule has 0 unspecified atom stereocenters. The van der Waals surface area contributed by atoms with Gasteiger partial charge >= 0.3 is 0 Å². The van der Waals surface area contributed by atoms with E-state index in [1.807, 2.05) is 0 Å². The number of sulfonamides is 1. The van der Waals surface area contributed by atoms with Crippen molar-refractivity contribution in [2.75, 3.05) is 0 Å².